The first-order chi connectivity index (χ1) is 13.5. The SMILES string of the molecule is COc1ccc(C(=O)N2CC[C@@H](N3CCN(C)CC3)[C@@H](CCCO)C2)cc1C. The first-order valence-electron chi connectivity index (χ1n) is 10.5. The fraction of sp³-hybridized carbons (Fsp3) is 0.682. The summed E-state index contributed by atoms with van der Waals surface area (Å²) < 4.78 is 5.32. The van der Waals surface area contributed by atoms with Gasteiger partial charge in [-0.25, -0.2) is 0 Å². The number of ether oxygens (including phenoxy) is 1. The maximum atomic E-state index is 13.1. The Bertz CT molecular complexity index is 658. The van der Waals surface area contributed by atoms with E-state index in [0.717, 1.165) is 75.4 Å². The van der Waals surface area contributed by atoms with Crippen molar-refractivity contribution in [2.45, 2.75) is 32.2 Å². The molecule has 2 atom stereocenters. The van der Waals surface area contributed by atoms with Crippen LogP contribution < -0.4 is 4.74 Å². The molecule has 0 unspecified atom stereocenters. The molecular weight excluding hydrogens is 354 g/mol. The molecule has 2 aliphatic rings. The molecule has 6 nitrogen and oxygen atoms in total. The Kier molecular flexibility index (Phi) is 7.32. The highest BCUT2D eigenvalue weighted by Crippen LogP contribution is 2.28. The monoisotopic (exact) mass is 389 g/mol. The number of piperazine rings is 1. The number of hydrogen-bond acceptors (Lipinski definition) is 5. The second-order valence-corrected chi connectivity index (χ2v) is 8.26. The summed E-state index contributed by atoms with van der Waals surface area (Å²) in [4.78, 5) is 20.1. The molecule has 0 radical (unpaired) electrons. The van der Waals surface area contributed by atoms with Crippen LogP contribution in [-0.4, -0.2) is 91.8 Å². The van der Waals surface area contributed by atoms with Crippen LogP contribution in [0.5, 0.6) is 5.75 Å². The summed E-state index contributed by atoms with van der Waals surface area (Å²) in [7, 11) is 3.83. The van der Waals surface area contributed by atoms with Gasteiger partial charge in [-0.2, -0.15) is 0 Å². The van der Waals surface area contributed by atoms with Crippen molar-refractivity contribution in [3.63, 3.8) is 0 Å². The van der Waals surface area contributed by atoms with Crippen molar-refractivity contribution in [2.75, 3.05) is 60.0 Å². The molecule has 1 amide bonds. The maximum Gasteiger partial charge on any atom is 0.253 e. The number of aryl methyl sites for hydroxylation is 1. The Balaban J connectivity index is 1.69. The lowest BCUT2D eigenvalue weighted by atomic mass is 9.86. The van der Waals surface area contributed by atoms with Crippen LogP contribution in [0.3, 0.4) is 0 Å². The van der Waals surface area contributed by atoms with Crippen LogP contribution in [0, 0.1) is 12.8 Å². The van der Waals surface area contributed by atoms with Gasteiger partial charge in [-0.3, -0.25) is 9.69 Å². The zero-order valence-electron chi connectivity index (χ0n) is 17.6. The van der Waals surface area contributed by atoms with E-state index >= 15 is 0 Å². The minimum atomic E-state index is 0.108. The summed E-state index contributed by atoms with van der Waals surface area (Å²) in [5.74, 6) is 1.34. The third-order valence-electron chi connectivity index (χ3n) is 6.36. The van der Waals surface area contributed by atoms with Gasteiger partial charge < -0.3 is 19.6 Å². The van der Waals surface area contributed by atoms with Gasteiger partial charge in [0.05, 0.1) is 7.11 Å². The van der Waals surface area contributed by atoms with E-state index in [1.807, 2.05) is 30.0 Å². The summed E-state index contributed by atoms with van der Waals surface area (Å²) in [5.41, 5.74) is 1.72. The molecule has 0 aromatic heterocycles. The van der Waals surface area contributed by atoms with Crippen molar-refractivity contribution in [1.82, 2.24) is 14.7 Å². The van der Waals surface area contributed by atoms with Crippen LogP contribution in [0.4, 0.5) is 0 Å². The molecule has 2 heterocycles. The third kappa shape index (κ3) is 4.85. The minimum absolute atomic E-state index is 0.108. The lowest BCUT2D eigenvalue weighted by molar-refractivity contribution is 0.0218. The fourth-order valence-corrected chi connectivity index (χ4v) is 4.67. The highest BCUT2D eigenvalue weighted by atomic mass is 16.5. The molecule has 6 heteroatoms. The number of aliphatic hydroxyl groups excluding tert-OH is 1. The number of hydrogen-bond donors (Lipinski definition) is 1. The first kappa shape index (κ1) is 21.1. The van der Waals surface area contributed by atoms with Gasteiger partial charge in [0.1, 0.15) is 5.75 Å². The van der Waals surface area contributed by atoms with Crippen LogP contribution in [0.15, 0.2) is 18.2 Å². The van der Waals surface area contributed by atoms with E-state index in [-0.39, 0.29) is 12.5 Å². The van der Waals surface area contributed by atoms with Crippen LogP contribution in [0.25, 0.3) is 0 Å². The van der Waals surface area contributed by atoms with Crippen LogP contribution in [0.1, 0.15) is 35.2 Å². The molecule has 2 saturated heterocycles. The molecule has 0 bridgehead atoms. The summed E-state index contributed by atoms with van der Waals surface area (Å²) >= 11 is 0. The zero-order chi connectivity index (χ0) is 20.1. The molecule has 1 aromatic carbocycles. The maximum absolute atomic E-state index is 13.1. The summed E-state index contributed by atoms with van der Waals surface area (Å²) in [6, 6.07) is 6.18. The van der Waals surface area contributed by atoms with Gasteiger partial charge in [0.15, 0.2) is 0 Å². The largest absolute Gasteiger partial charge is 0.496 e. The quantitative estimate of drug-likeness (QED) is 0.805. The van der Waals surface area contributed by atoms with E-state index in [9.17, 15) is 9.90 Å². The number of carbonyl (C=O) groups is 1. The number of methoxy groups -OCH3 is 1. The third-order valence-corrected chi connectivity index (χ3v) is 6.36. The Morgan fingerprint density at radius 3 is 2.61 bits per heavy atom. The van der Waals surface area contributed by atoms with Gasteiger partial charge in [-0.15, -0.1) is 0 Å². The average molecular weight is 390 g/mol. The minimum Gasteiger partial charge on any atom is -0.496 e. The van der Waals surface area contributed by atoms with Gasteiger partial charge in [0, 0.05) is 57.5 Å². The molecule has 0 saturated carbocycles. The molecule has 156 valence electrons. The topological polar surface area (TPSA) is 56.2 Å². The number of carbonyl (C=O) groups excluding carboxylic acids is 1. The summed E-state index contributed by atoms with van der Waals surface area (Å²) in [5, 5.41) is 9.35. The van der Waals surface area contributed by atoms with E-state index in [1.165, 1.54) is 0 Å². The normalized spacial score (nSPS) is 24.4. The van der Waals surface area contributed by atoms with E-state index in [2.05, 4.69) is 16.8 Å². The van der Waals surface area contributed by atoms with Crippen molar-refractivity contribution < 1.29 is 14.6 Å². The highest BCUT2D eigenvalue weighted by molar-refractivity contribution is 5.94. The van der Waals surface area contributed by atoms with Crippen molar-refractivity contribution in [3.8, 4) is 5.75 Å². The first-order valence-corrected chi connectivity index (χ1v) is 10.5. The second-order valence-electron chi connectivity index (χ2n) is 8.26. The molecule has 1 aromatic rings. The van der Waals surface area contributed by atoms with Gasteiger partial charge in [-0.05, 0) is 62.9 Å². The van der Waals surface area contributed by atoms with Crippen LogP contribution >= 0.6 is 0 Å². The second kappa shape index (κ2) is 9.72. The number of rotatable bonds is 6. The number of piperidine rings is 1. The summed E-state index contributed by atoms with van der Waals surface area (Å²) in [6.07, 6.45) is 2.79. The number of benzene rings is 1. The molecule has 28 heavy (non-hydrogen) atoms. The summed E-state index contributed by atoms with van der Waals surface area (Å²) in [6.45, 7) is 8.19. The Morgan fingerprint density at radius 1 is 1.21 bits per heavy atom. The molecule has 0 aliphatic carbocycles. The molecular formula is C22H35N3O3. The van der Waals surface area contributed by atoms with E-state index in [0.29, 0.717) is 12.0 Å². The van der Waals surface area contributed by atoms with E-state index in [4.69, 9.17) is 4.74 Å². The molecule has 2 fully saturated rings. The van der Waals surface area contributed by atoms with Gasteiger partial charge in [0.25, 0.3) is 5.91 Å². The number of amides is 1. The molecule has 2 aliphatic heterocycles. The van der Waals surface area contributed by atoms with Gasteiger partial charge >= 0.3 is 0 Å². The predicted molar refractivity (Wildman–Crippen MR) is 111 cm³/mol. The molecule has 3 rings (SSSR count). The number of likely N-dealkylation sites (tertiary alicyclic amines) is 1. The van der Waals surface area contributed by atoms with Crippen LogP contribution in [0.2, 0.25) is 0 Å². The van der Waals surface area contributed by atoms with Crippen molar-refractivity contribution >= 4 is 5.91 Å². The lowest BCUT2D eigenvalue weighted by Crippen LogP contribution is -2.56. The molecule has 0 spiro atoms. The van der Waals surface area contributed by atoms with E-state index in [1.54, 1.807) is 7.11 Å². The molecule has 1 N–H and O–H groups in total. The number of aliphatic hydroxyl groups is 1. The van der Waals surface area contributed by atoms with Crippen molar-refractivity contribution in [1.29, 1.82) is 0 Å². The average Bonchev–Trinajstić information content (AvgIpc) is 2.72. The zero-order valence-corrected chi connectivity index (χ0v) is 17.6. The van der Waals surface area contributed by atoms with Crippen molar-refractivity contribution in [3.05, 3.63) is 29.3 Å². The van der Waals surface area contributed by atoms with Gasteiger partial charge in [0.2, 0.25) is 0 Å². The Hall–Kier alpha value is -1.63. The Labute approximate surface area is 169 Å². The fourth-order valence-electron chi connectivity index (χ4n) is 4.67. The van der Waals surface area contributed by atoms with Gasteiger partial charge in [-0.1, -0.05) is 0 Å². The van der Waals surface area contributed by atoms with E-state index < -0.39 is 0 Å². The smallest absolute Gasteiger partial charge is 0.253 e. The Morgan fingerprint density at radius 2 is 1.96 bits per heavy atom. The predicted octanol–water partition coefficient (Wildman–Crippen LogP) is 1.85. The highest BCUT2D eigenvalue weighted by Gasteiger charge is 2.35. The number of nitrogens with zero attached hydrogens (tertiary/aromatic N) is 3. The number of likely N-dealkylation sites (N-methyl/N-ethyl adjacent to an activating group) is 1. The van der Waals surface area contributed by atoms with Crippen molar-refractivity contribution in [2.24, 2.45) is 5.92 Å². The lowest BCUT2D eigenvalue weighted by Gasteiger charge is -2.46. The standard InChI is InChI=1S/C22H35N3O3/c1-17-15-18(6-7-21(17)28-3)22(27)25-9-8-20(19(16-25)5-4-14-26)24-12-10-23(2)11-13-24/h6-7,15,19-20,26H,4-5,8-14,16H2,1-3H3/t19-,20+/m0/s1. The van der Waals surface area contributed by atoms with Crippen LogP contribution in [-0.2, 0) is 0 Å².